The molecule has 1 amide bonds. The Morgan fingerprint density at radius 2 is 1.74 bits per heavy atom. The molecule has 142 valence electrons. The Balaban J connectivity index is 1.24. The molecule has 0 bridgehead atoms. The van der Waals surface area contributed by atoms with E-state index in [9.17, 15) is 4.79 Å². The number of ether oxygens (including phenoxy) is 2. The van der Waals surface area contributed by atoms with Crippen molar-refractivity contribution in [2.75, 3.05) is 44.8 Å². The molecular formula is C20H22ClN3O3. The molecule has 27 heavy (non-hydrogen) atoms. The monoisotopic (exact) mass is 387 g/mol. The van der Waals surface area contributed by atoms with Crippen LogP contribution in [0.4, 0.5) is 5.69 Å². The van der Waals surface area contributed by atoms with E-state index in [0.717, 1.165) is 44.2 Å². The number of fused-ring (bicyclic) bond motifs is 1. The van der Waals surface area contributed by atoms with Crippen LogP contribution in [0.3, 0.4) is 0 Å². The topological polar surface area (TPSA) is 54.0 Å². The molecule has 0 aromatic heterocycles. The first kappa shape index (κ1) is 18.1. The van der Waals surface area contributed by atoms with Gasteiger partial charge in [-0.25, -0.2) is 0 Å². The number of carbonyl (C=O) groups excluding carboxylic acids is 1. The lowest BCUT2D eigenvalue weighted by Crippen LogP contribution is -2.48. The normalized spacial score (nSPS) is 17.1. The number of benzene rings is 2. The second-order valence-electron chi connectivity index (χ2n) is 6.77. The minimum absolute atomic E-state index is 0.0349. The van der Waals surface area contributed by atoms with Crippen molar-refractivity contribution in [2.24, 2.45) is 0 Å². The van der Waals surface area contributed by atoms with Crippen LogP contribution < -0.4 is 14.8 Å². The molecule has 0 aliphatic carbocycles. The highest BCUT2D eigenvalue weighted by Gasteiger charge is 2.20. The first-order valence-corrected chi connectivity index (χ1v) is 9.43. The Labute approximate surface area is 163 Å². The molecule has 0 atom stereocenters. The molecule has 0 unspecified atom stereocenters. The smallest absolute Gasteiger partial charge is 0.238 e. The Hall–Kier alpha value is -2.28. The summed E-state index contributed by atoms with van der Waals surface area (Å²) in [6.45, 7) is 5.12. The summed E-state index contributed by atoms with van der Waals surface area (Å²) >= 11 is 6.09. The quantitative estimate of drug-likeness (QED) is 0.855. The summed E-state index contributed by atoms with van der Waals surface area (Å²) in [5, 5.41) is 3.44. The van der Waals surface area contributed by atoms with Crippen molar-refractivity contribution in [2.45, 2.75) is 6.54 Å². The number of nitrogens with one attached hydrogen (secondary N) is 1. The molecule has 2 heterocycles. The van der Waals surface area contributed by atoms with Gasteiger partial charge in [-0.2, -0.15) is 0 Å². The largest absolute Gasteiger partial charge is 0.454 e. The number of para-hydroxylation sites is 1. The average molecular weight is 388 g/mol. The molecule has 1 saturated heterocycles. The van der Waals surface area contributed by atoms with Gasteiger partial charge in [0.15, 0.2) is 11.5 Å². The molecule has 0 saturated carbocycles. The summed E-state index contributed by atoms with van der Waals surface area (Å²) < 4.78 is 10.8. The summed E-state index contributed by atoms with van der Waals surface area (Å²) in [5.74, 6) is 1.60. The summed E-state index contributed by atoms with van der Waals surface area (Å²) in [6, 6.07) is 13.4. The van der Waals surface area contributed by atoms with Crippen LogP contribution in [0.25, 0.3) is 0 Å². The molecule has 0 radical (unpaired) electrons. The summed E-state index contributed by atoms with van der Waals surface area (Å²) in [7, 11) is 0. The Morgan fingerprint density at radius 1 is 1.00 bits per heavy atom. The maximum atomic E-state index is 12.3. The van der Waals surface area contributed by atoms with Crippen LogP contribution in [-0.2, 0) is 11.3 Å². The van der Waals surface area contributed by atoms with Crippen LogP contribution in [0, 0.1) is 0 Å². The maximum Gasteiger partial charge on any atom is 0.238 e. The van der Waals surface area contributed by atoms with Gasteiger partial charge in [-0.1, -0.05) is 29.8 Å². The summed E-state index contributed by atoms with van der Waals surface area (Å²) in [5.41, 5.74) is 1.87. The van der Waals surface area contributed by atoms with Gasteiger partial charge in [-0.3, -0.25) is 14.6 Å². The van der Waals surface area contributed by atoms with Gasteiger partial charge in [0, 0.05) is 32.7 Å². The van der Waals surface area contributed by atoms with E-state index in [1.807, 2.05) is 30.3 Å². The zero-order valence-electron chi connectivity index (χ0n) is 15.0. The molecule has 4 rings (SSSR count). The first-order valence-electron chi connectivity index (χ1n) is 9.05. The predicted molar refractivity (Wildman–Crippen MR) is 104 cm³/mol. The predicted octanol–water partition coefficient (Wildman–Crippen LogP) is 2.83. The number of halogens is 1. The second kappa shape index (κ2) is 8.17. The van der Waals surface area contributed by atoms with Crippen molar-refractivity contribution in [3.05, 3.63) is 53.1 Å². The van der Waals surface area contributed by atoms with Gasteiger partial charge >= 0.3 is 0 Å². The van der Waals surface area contributed by atoms with Gasteiger partial charge in [0.05, 0.1) is 17.3 Å². The van der Waals surface area contributed by atoms with Gasteiger partial charge in [0.1, 0.15) is 0 Å². The van der Waals surface area contributed by atoms with Crippen molar-refractivity contribution in [1.82, 2.24) is 9.80 Å². The van der Waals surface area contributed by atoms with E-state index < -0.39 is 0 Å². The second-order valence-corrected chi connectivity index (χ2v) is 7.18. The molecule has 0 spiro atoms. The third-order valence-corrected chi connectivity index (χ3v) is 5.15. The number of hydrogen-bond acceptors (Lipinski definition) is 5. The van der Waals surface area contributed by atoms with Crippen LogP contribution in [0.15, 0.2) is 42.5 Å². The molecule has 2 aliphatic heterocycles. The van der Waals surface area contributed by atoms with Crippen molar-refractivity contribution < 1.29 is 14.3 Å². The van der Waals surface area contributed by atoms with Gasteiger partial charge in [-0.15, -0.1) is 0 Å². The molecule has 1 fully saturated rings. The Kier molecular flexibility index (Phi) is 5.48. The highest BCUT2D eigenvalue weighted by atomic mass is 35.5. The van der Waals surface area contributed by atoms with Crippen LogP contribution >= 0.6 is 11.6 Å². The van der Waals surface area contributed by atoms with Gasteiger partial charge < -0.3 is 14.8 Å². The molecule has 2 aromatic rings. The molecule has 2 aliphatic rings. The molecule has 1 N–H and O–H groups in total. The minimum Gasteiger partial charge on any atom is -0.454 e. The fourth-order valence-corrected chi connectivity index (χ4v) is 3.54. The number of hydrogen-bond donors (Lipinski definition) is 1. The lowest BCUT2D eigenvalue weighted by atomic mass is 10.1. The van der Waals surface area contributed by atoms with Crippen LogP contribution in [0.5, 0.6) is 11.5 Å². The van der Waals surface area contributed by atoms with Gasteiger partial charge in [0.25, 0.3) is 0 Å². The zero-order valence-corrected chi connectivity index (χ0v) is 15.7. The van der Waals surface area contributed by atoms with Crippen LogP contribution in [0.1, 0.15) is 5.56 Å². The SMILES string of the molecule is O=C(CN1CCN(Cc2ccc3c(c2)OCO3)CC1)Nc1ccccc1Cl. The standard InChI is InChI=1S/C20H22ClN3O3/c21-16-3-1-2-4-17(16)22-20(25)13-24-9-7-23(8-10-24)12-15-5-6-18-19(11-15)27-14-26-18/h1-6,11H,7-10,12-14H2,(H,22,25). The molecule has 7 heteroatoms. The van der Waals surface area contributed by atoms with Crippen LogP contribution in [0.2, 0.25) is 5.02 Å². The number of nitrogens with zero attached hydrogens (tertiary/aromatic N) is 2. The third kappa shape index (κ3) is 4.53. The lowest BCUT2D eigenvalue weighted by molar-refractivity contribution is -0.117. The highest BCUT2D eigenvalue weighted by molar-refractivity contribution is 6.33. The lowest BCUT2D eigenvalue weighted by Gasteiger charge is -2.34. The van der Waals surface area contributed by atoms with E-state index in [4.69, 9.17) is 21.1 Å². The maximum absolute atomic E-state index is 12.3. The summed E-state index contributed by atoms with van der Waals surface area (Å²) in [6.07, 6.45) is 0. The van der Waals surface area contributed by atoms with Gasteiger partial charge in [-0.05, 0) is 29.8 Å². The van der Waals surface area contributed by atoms with E-state index in [1.54, 1.807) is 6.07 Å². The van der Waals surface area contributed by atoms with E-state index in [2.05, 4.69) is 21.2 Å². The molecule has 2 aromatic carbocycles. The van der Waals surface area contributed by atoms with Crippen molar-refractivity contribution in [3.8, 4) is 11.5 Å². The van der Waals surface area contributed by atoms with E-state index in [-0.39, 0.29) is 5.91 Å². The minimum atomic E-state index is -0.0349. The van der Waals surface area contributed by atoms with Gasteiger partial charge in [0.2, 0.25) is 12.7 Å². The fourth-order valence-electron chi connectivity index (χ4n) is 3.36. The fraction of sp³-hybridized carbons (Fsp3) is 0.350. The van der Waals surface area contributed by atoms with Crippen molar-refractivity contribution in [1.29, 1.82) is 0 Å². The average Bonchev–Trinajstić information content (AvgIpc) is 3.13. The number of piperazine rings is 1. The highest BCUT2D eigenvalue weighted by Crippen LogP contribution is 2.32. The molecular weight excluding hydrogens is 366 g/mol. The number of anilines is 1. The Bertz CT molecular complexity index is 822. The van der Waals surface area contributed by atoms with Crippen LogP contribution in [-0.4, -0.2) is 55.2 Å². The number of rotatable bonds is 5. The number of amides is 1. The Morgan fingerprint density at radius 3 is 2.56 bits per heavy atom. The first-order chi connectivity index (χ1) is 13.2. The van der Waals surface area contributed by atoms with Crippen molar-refractivity contribution >= 4 is 23.2 Å². The third-order valence-electron chi connectivity index (χ3n) is 4.82. The van der Waals surface area contributed by atoms with E-state index in [1.165, 1.54) is 5.56 Å². The zero-order chi connectivity index (χ0) is 18.6. The summed E-state index contributed by atoms with van der Waals surface area (Å²) in [4.78, 5) is 16.8. The van der Waals surface area contributed by atoms with Crippen molar-refractivity contribution in [3.63, 3.8) is 0 Å². The molecule has 6 nitrogen and oxygen atoms in total. The van der Waals surface area contributed by atoms with E-state index >= 15 is 0 Å². The number of carbonyl (C=O) groups is 1. The van der Waals surface area contributed by atoms with E-state index in [0.29, 0.717) is 24.0 Å².